The summed E-state index contributed by atoms with van der Waals surface area (Å²) in [5.74, 6) is 0.615. The summed E-state index contributed by atoms with van der Waals surface area (Å²) in [5.41, 5.74) is 13.7. The van der Waals surface area contributed by atoms with Crippen LogP contribution in [0.5, 0.6) is 0 Å². The number of rotatable bonds is 7. The van der Waals surface area contributed by atoms with Crippen molar-refractivity contribution in [2.75, 3.05) is 4.90 Å². The molecule has 0 saturated carbocycles. The fraction of sp³-hybridized carbons (Fsp3) is 0. The molecule has 0 spiro atoms. The minimum atomic E-state index is 0.615. The van der Waals surface area contributed by atoms with E-state index in [2.05, 4.69) is 179 Å². The molecule has 4 nitrogen and oxygen atoms in total. The lowest BCUT2D eigenvalue weighted by molar-refractivity contribution is 0.620. The molecule has 4 heteroatoms. The number of hydrogen-bond acceptors (Lipinski definition) is 3. The van der Waals surface area contributed by atoms with Crippen molar-refractivity contribution in [3.05, 3.63) is 212 Å². The van der Waals surface area contributed by atoms with E-state index in [4.69, 9.17) is 9.40 Å². The molecule has 9 aromatic carbocycles. The Hall–Kier alpha value is -7.69. The molecular formula is C53H35N3O. The average Bonchev–Trinajstić information content (AvgIpc) is 3.88. The van der Waals surface area contributed by atoms with Crippen LogP contribution < -0.4 is 4.90 Å². The van der Waals surface area contributed by atoms with Crippen LogP contribution in [0.4, 0.5) is 17.1 Å². The van der Waals surface area contributed by atoms with E-state index in [0.29, 0.717) is 5.89 Å². The van der Waals surface area contributed by atoms with Crippen LogP contribution in [0.15, 0.2) is 217 Å². The van der Waals surface area contributed by atoms with E-state index >= 15 is 0 Å². The topological polar surface area (TPSA) is 34.2 Å². The van der Waals surface area contributed by atoms with Crippen LogP contribution in [-0.2, 0) is 0 Å². The minimum absolute atomic E-state index is 0.615. The molecule has 0 aliphatic rings. The van der Waals surface area contributed by atoms with Crippen molar-refractivity contribution in [2.45, 2.75) is 0 Å². The van der Waals surface area contributed by atoms with Crippen LogP contribution in [0.3, 0.4) is 0 Å². The maximum absolute atomic E-state index is 6.30. The van der Waals surface area contributed by atoms with Crippen molar-refractivity contribution in [2.24, 2.45) is 0 Å². The van der Waals surface area contributed by atoms with E-state index in [1.54, 1.807) is 0 Å². The molecule has 0 unspecified atom stereocenters. The fourth-order valence-corrected chi connectivity index (χ4v) is 8.33. The summed E-state index contributed by atoms with van der Waals surface area (Å²) in [6.07, 6.45) is 0. The summed E-state index contributed by atoms with van der Waals surface area (Å²) in [6, 6.07) is 75.2. The lowest BCUT2D eigenvalue weighted by Gasteiger charge is -2.27. The zero-order valence-corrected chi connectivity index (χ0v) is 31.0. The van der Waals surface area contributed by atoms with Crippen molar-refractivity contribution >= 4 is 60.7 Å². The highest BCUT2D eigenvalue weighted by molar-refractivity contribution is 6.19. The lowest BCUT2D eigenvalue weighted by atomic mass is 10.0. The number of nitrogens with zero attached hydrogens (tertiary/aromatic N) is 3. The van der Waals surface area contributed by atoms with Gasteiger partial charge in [0, 0.05) is 50.0 Å². The predicted octanol–water partition coefficient (Wildman–Crippen LogP) is 14.5. The van der Waals surface area contributed by atoms with Crippen LogP contribution >= 0.6 is 0 Å². The van der Waals surface area contributed by atoms with Crippen LogP contribution in [0.2, 0.25) is 0 Å². The van der Waals surface area contributed by atoms with E-state index < -0.39 is 0 Å². The number of anilines is 3. The Labute approximate surface area is 330 Å². The Morgan fingerprint density at radius 3 is 1.86 bits per heavy atom. The first kappa shape index (κ1) is 32.7. The second-order valence-corrected chi connectivity index (χ2v) is 14.4. The first-order valence-corrected chi connectivity index (χ1v) is 19.3. The lowest BCUT2D eigenvalue weighted by Crippen LogP contribution is -2.10. The highest BCUT2D eigenvalue weighted by atomic mass is 16.3. The number of hydrogen-bond donors (Lipinski definition) is 0. The molecule has 0 saturated heterocycles. The summed E-state index contributed by atoms with van der Waals surface area (Å²) >= 11 is 0. The van der Waals surface area contributed by atoms with Crippen molar-refractivity contribution < 1.29 is 4.42 Å². The van der Waals surface area contributed by atoms with Gasteiger partial charge in [-0.2, -0.15) is 0 Å². The van der Waals surface area contributed by atoms with Gasteiger partial charge in [-0.3, -0.25) is 0 Å². The van der Waals surface area contributed by atoms with Crippen LogP contribution in [0.25, 0.3) is 83.1 Å². The smallest absolute Gasteiger partial charge is 0.227 e. The van der Waals surface area contributed by atoms with E-state index in [9.17, 15) is 0 Å². The molecule has 2 aromatic heterocycles. The number of benzene rings is 9. The first-order chi connectivity index (χ1) is 28.3. The van der Waals surface area contributed by atoms with Crippen molar-refractivity contribution in [1.82, 2.24) is 9.55 Å². The van der Waals surface area contributed by atoms with Gasteiger partial charge in [0.25, 0.3) is 0 Å². The largest absolute Gasteiger partial charge is 0.436 e. The van der Waals surface area contributed by atoms with Gasteiger partial charge in [-0.15, -0.1) is 0 Å². The highest BCUT2D eigenvalue weighted by Gasteiger charge is 2.20. The third-order valence-corrected chi connectivity index (χ3v) is 11.0. The van der Waals surface area contributed by atoms with Gasteiger partial charge < -0.3 is 13.9 Å². The molecule has 11 rings (SSSR count). The SMILES string of the molecule is c1ccc(-c2ccc(N(c3cccc(-c4cccc5oc(-c6ccccc6)nc45)c3)c3ccc4ccc5c6ccccc6n(-c6ccccc6)c5c4c3)cc2)cc1. The van der Waals surface area contributed by atoms with Gasteiger partial charge in [-0.25, -0.2) is 4.98 Å². The maximum Gasteiger partial charge on any atom is 0.227 e. The van der Waals surface area contributed by atoms with Gasteiger partial charge in [-0.05, 0) is 94.9 Å². The molecule has 0 radical (unpaired) electrons. The molecule has 0 amide bonds. The number of para-hydroxylation sites is 3. The van der Waals surface area contributed by atoms with Crippen molar-refractivity contribution in [1.29, 1.82) is 0 Å². The number of aromatic nitrogens is 2. The molecule has 0 bridgehead atoms. The van der Waals surface area contributed by atoms with Crippen LogP contribution in [0.1, 0.15) is 0 Å². The van der Waals surface area contributed by atoms with E-state index in [1.165, 1.54) is 43.7 Å². The molecule has 0 fully saturated rings. The molecule has 11 aromatic rings. The zero-order valence-electron chi connectivity index (χ0n) is 31.0. The zero-order chi connectivity index (χ0) is 37.7. The normalized spacial score (nSPS) is 11.5. The number of oxazole rings is 1. The summed E-state index contributed by atoms with van der Waals surface area (Å²) < 4.78 is 8.71. The second-order valence-electron chi connectivity index (χ2n) is 14.4. The standard InChI is InChI=1S/C53H35N3O/c1-4-14-36(15-5-1)37-26-30-42(31-27-37)55(43-21-12-18-40(34-43)45-23-13-25-50-51(45)54-53(57-50)39-16-6-2-7-17-39)44-32-28-38-29-33-47-46-22-10-11-24-49(46)56(52(47)48(38)35-44)41-19-8-3-9-20-41/h1-35H. The summed E-state index contributed by atoms with van der Waals surface area (Å²) in [4.78, 5) is 7.39. The van der Waals surface area contributed by atoms with Gasteiger partial charge in [-0.1, -0.05) is 140 Å². The minimum Gasteiger partial charge on any atom is -0.436 e. The van der Waals surface area contributed by atoms with Crippen molar-refractivity contribution in [3.8, 4) is 39.4 Å². The van der Waals surface area contributed by atoms with Gasteiger partial charge in [0.15, 0.2) is 5.58 Å². The summed E-state index contributed by atoms with van der Waals surface area (Å²) in [7, 11) is 0. The van der Waals surface area contributed by atoms with Crippen LogP contribution in [0, 0.1) is 0 Å². The first-order valence-electron chi connectivity index (χ1n) is 19.3. The Morgan fingerprint density at radius 1 is 0.421 bits per heavy atom. The second kappa shape index (κ2) is 13.6. The van der Waals surface area contributed by atoms with E-state index in [0.717, 1.165) is 50.5 Å². The Kier molecular flexibility index (Phi) is 7.78. The molecular weight excluding hydrogens is 695 g/mol. The third kappa shape index (κ3) is 5.66. The summed E-state index contributed by atoms with van der Waals surface area (Å²) in [6.45, 7) is 0. The Bertz CT molecular complexity index is 3220. The fourth-order valence-electron chi connectivity index (χ4n) is 8.33. The summed E-state index contributed by atoms with van der Waals surface area (Å²) in [5, 5.41) is 4.84. The molecule has 0 aliphatic heterocycles. The third-order valence-electron chi connectivity index (χ3n) is 11.0. The number of fused-ring (bicyclic) bond motifs is 6. The molecule has 0 atom stereocenters. The molecule has 0 N–H and O–H groups in total. The molecule has 57 heavy (non-hydrogen) atoms. The Balaban J connectivity index is 1.11. The van der Waals surface area contributed by atoms with E-state index in [-0.39, 0.29) is 0 Å². The monoisotopic (exact) mass is 729 g/mol. The quantitative estimate of drug-likeness (QED) is 0.164. The molecule has 268 valence electrons. The van der Waals surface area contributed by atoms with Gasteiger partial charge in [0.2, 0.25) is 5.89 Å². The van der Waals surface area contributed by atoms with Crippen LogP contribution in [-0.4, -0.2) is 9.55 Å². The van der Waals surface area contributed by atoms with Gasteiger partial charge in [0.1, 0.15) is 5.52 Å². The maximum atomic E-state index is 6.30. The van der Waals surface area contributed by atoms with Gasteiger partial charge in [0.05, 0.1) is 11.0 Å². The highest BCUT2D eigenvalue weighted by Crippen LogP contribution is 2.43. The Morgan fingerprint density at radius 2 is 1.05 bits per heavy atom. The average molecular weight is 730 g/mol. The van der Waals surface area contributed by atoms with Gasteiger partial charge >= 0.3 is 0 Å². The predicted molar refractivity (Wildman–Crippen MR) is 237 cm³/mol. The van der Waals surface area contributed by atoms with E-state index in [1.807, 2.05) is 42.5 Å². The molecule has 0 aliphatic carbocycles. The van der Waals surface area contributed by atoms with Crippen molar-refractivity contribution in [3.63, 3.8) is 0 Å². The molecule has 2 heterocycles.